The number of nitro groups is 1. The number of hydrogen-bond acceptors (Lipinski definition) is 5. The summed E-state index contributed by atoms with van der Waals surface area (Å²) in [5.41, 5.74) is 0.0633. The van der Waals surface area contributed by atoms with Gasteiger partial charge in [-0.2, -0.15) is 11.8 Å². The Morgan fingerprint density at radius 1 is 1.53 bits per heavy atom. The molecule has 1 aliphatic rings. The Balaban J connectivity index is 2.12. The van der Waals surface area contributed by atoms with Gasteiger partial charge in [0.1, 0.15) is 0 Å². The molecule has 0 radical (unpaired) electrons. The molecule has 1 saturated carbocycles. The average Bonchev–Trinajstić information content (AvgIpc) is 2.42. The molecule has 0 saturated heterocycles. The highest BCUT2D eigenvalue weighted by molar-refractivity contribution is 7.99. The maximum Gasteiger partial charge on any atom is 0.311 e. The van der Waals surface area contributed by atoms with E-state index in [4.69, 9.17) is 0 Å². The summed E-state index contributed by atoms with van der Waals surface area (Å²) in [5, 5.41) is 14.8. The van der Waals surface area contributed by atoms with Crippen LogP contribution in [0.2, 0.25) is 0 Å². The number of thioether (sulfide) groups is 1. The van der Waals surface area contributed by atoms with Gasteiger partial charge in [0.2, 0.25) is 5.82 Å². The zero-order chi connectivity index (χ0) is 13.7. The summed E-state index contributed by atoms with van der Waals surface area (Å²) in [6, 6.07) is 3.38. The van der Waals surface area contributed by atoms with Crippen molar-refractivity contribution in [2.75, 3.05) is 11.1 Å². The third-order valence-corrected chi connectivity index (χ3v) is 4.71. The minimum Gasteiger partial charge on any atom is -0.360 e. The van der Waals surface area contributed by atoms with Crippen LogP contribution in [-0.2, 0) is 0 Å². The van der Waals surface area contributed by atoms with Crippen molar-refractivity contribution in [1.82, 2.24) is 4.98 Å². The molecule has 104 valence electrons. The van der Waals surface area contributed by atoms with Gasteiger partial charge in [-0.1, -0.05) is 19.8 Å². The molecular formula is C13H19N3O2S. The lowest BCUT2D eigenvalue weighted by molar-refractivity contribution is -0.384. The molecule has 2 rings (SSSR count). The van der Waals surface area contributed by atoms with Crippen molar-refractivity contribution in [1.29, 1.82) is 0 Å². The first-order valence-electron chi connectivity index (χ1n) is 6.70. The number of pyridine rings is 1. The molecule has 1 aromatic rings. The summed E-state index contributed by atoms with van der Waals surface area (Å²) in [4.78, 5) is 14.7. The summed E-state index contributed by atoms with van der Waals surface area (Å²) in [6.07, 6.45) is 6.27. The molecule has 1 fully saturated rings. The third-order valence-electron chi connectivity index (χ3n) is 3.39. The molecule has 2 atom stereocenters. The Morgan fingerprint density at radius 3 is 3.05 bits per heavy atom. The molecule has 0 amide bonds. The monoisotopic (exact) mass is 281 g/mol. The van der Waals surface area contributed by atoms with Crippen LogP contribution in [0, 0.1) is 10.1 Å². The van der Waals surface area contributed by atoms with E-state index in [1.807, 2.05) is 11.8 Å². The summed E-state index contributed by atoms with van der Waals surface area (Å²) < 4.78 is 0. The average molecular weight is 281 g/mol. The fourth-order valence-corrected chi connectivity index (χ4v) is 3.70. The minimum atomic E-state index is -0.375. The van der Waals surface area contributed by atoms with Crippen molar-refractivity contribution in [3.63, 3.8) is 0 Å². The highest BCUT2D eigenvalue weighted by Crippen LogP contribution is 2.32. The van der Waals surface area contributed by atoms with Gasteiger partial charge in [0.15, 0.2) is 0 Å². The number of anilines is 1. The molecule has 6 heteroatoms. The zero-order valence-electron chi connectivity index (χ0n) is 11.0. The molecule has 1 aliphatic carbocycles. The zero-order valence-corrected chi connectivity index (χ0v) is 11.9. The Hall–Kier alpha value is -1.30. The standard InChI is InChI=1S/C13H19N3O2S/c1-2-19-12-8-4-3-6-10(12)15-13-11(16(17)18)7-5-9-14-13/h5,7,9-10,12H,2-4,6,8H2,1H3,(H,14,15)/t10-,12-/m1/s1. The lowest BCUT2D eigenvalue weighted by Crippen LogP contribution is -2.35. The minimum absolute atomic E-state index is 0.0633. The molecule has 0 bridgehead atoms. The Morgan fingerprint density at radius 2 is 2.32 bits per heavy atom. The van der Waals surface area contributed by atoms with Crippen molar-refractivity contribution >= 4 is 23.3 Å². The smallest absolute Gasteiger partial charge is 0.311 e. The second-order valence-electron chi connectivity index (χ2n) is 4.66. The molecule has 1 heterocycles. The molecule has 19 heavy (non-hydrogen) atoms. The fraction of sp³-hybridized carbons (Fsp3) is 0.615. The second-order valence-corrected chi connectivity index (χ2v) is 6.17. The first-order valence-corrected chi connectivity index (χ1v) is 7.74. The van der Waals surface area contributed by atoms with Gasteiger partial charge < -0.3 is 5.32 Å². The molecule has 0 unspecified atom stereocenters. The summed E-state index contributed by atoms with van der Waals surface area (Å²) >= 11 is 1.93. The van der Waals surface area contributed by atoms with Crippen LogP contribution < -0.4 is 5.32 Å². The van der Waals surface area contributed by atoms with Gasteiger partial charge in [0.25, 0.3) is 0 Å². The number of aromatic nitrogens is 1. The normalized spacial score (nSPS) is 23.0. The maximum absolute atomic E-state index is 11.0. The van der Waals surface area contributed by atoms with Crippen molar-refractivity contribution < 1.29 is 4.92 Å². The van der Waals surface area contributed by atoms with Crippen molar-refractivity contribution in [2.45, 2.75) is 43.9 Å². The van der Waals surface area contributed by atoms with Crippen molar-refractivity contribution in [3.05, 3.63) is 28.4 Å². The fourth-order valence-electron chi connectivity index (χ4n) is 2.51. The summed E-state index contributed by atoms with van der Waals surface area (Å²) in [7, 11) is 0. The van der Waals surface area contributed by atoms with E-state index >= 15 is 0 Å². The van der Waals surface area contributed by atoms with Gasteiger partial charge in [-0.05, 0) is 24.7 Å². The number of nitrogens with zero attached hydrogens (tertiary/aromatic N) is 2. The van der Waals surface area contributed by atoms with Gasteiger partial charge >= 0.3 is 5.69 Å². The summed E-state index contributed by atoms with van der Waals surface area (Å²) in [6.45, 7) is 2.15. The predicted molar refractivity (Wildman–Crippen MR) is 78.7 cm³/mol. The number of rotatable bonds is 5. The Kier molecular flexibility index (Phi) is 5.01. The lowest BCUT2D eigenvalue weighted by Gasteiger charge is -2.31. The SMILES string of the molecule is CCS[C@@H]1CCCC[C@H]1Nc1ncccc1[N+](=O)[O-]. The number of hydrogen-bond donors (Lipinski definition) is 1. The first-order chi connectivity index (χ1) is 9.22. The molecular weight excluding hydrogens is 262 g/mol. The van der Waals surface area contributed by atoms with Crippen LogP contribution in [0.5, 0.6) is 0 Å². The van der Waals surface area contributed by atoms with Crippen molar-refractivity contribution in [2.24, 2.45) is 0 Å². The van der Waals surface area contributed by atoms with Crippen LogP contribution in [0.3, 0.4) is 0 Å². The summed E-state index contributed by atoms with van der Waals surface area (Å²) in [5.74, 6) is 1.48. The molecule has 0 aromatic carbocycles. The molecule has 1 aromatic heterocycles. The van der Waals surface area contributed by atoms with E-state index in [1.165, 1.54) is 25.3 Å². The maximum atomic E-state index is 11.0. The van der Waals surface area contributed by atoms with Crippen LogP contribution in [0.15, 0.2) is 18.3 Å². The van der Waals surface area contributed by atoms with Gasteiger partial charge in [0, 0.05) is 23.6 Å². The lowest BCUT2D eigenvalue weighted by atomic mass is 9.95. The van der Waals surface area contributed by atoms with Gasteiger partial charge in [-0.3, -0.25) is 10.1 Å². The highest BCUT2D eigenvalue weighted by atomic mass is 32.2. The first kappa shape index (κ1) is 14.1. The van der Waals surface area contributed by atoms with Crippen molar-refractivity contribution in [3.8, 4) is 0 Å². The quantitative estimate of drug-likeness (QED) is 0.661. The molecule has 1 N–H and O–H groups in total. The van der Waals surface area contributed by atoms with E-state index < -0.39 is 0 Å². The van der Waals surface area contributed by atoms with Gasteiger partial charge in [0.05, 0.1) is 4.92 Å². The van der Waals surface area contributed by atoms with E-state index in [0.29, 0.717) is 11.1 Å². The third kappa shape index (κ3) is 3.59. The van der Waals surface area contributed by atoms with E-state index in [0.717, 1.165) is 12.2 Å². The van der Waals surface area contributed by atoms with Gasteiger partial charge in [-0.25, -0.2) is 4.98 Å². The molecule has 5 nitrogen and oxygen atoms in total. The second kappa shape index (κ2) is 6.75. The van der Waals surface area contributed by atoms with Crippen LogP contribution in [0.1, 0.15) is 32.6 Å². The number of nitrogens with one attached hydrogen (secondary N) is 1. The highest BCUT2D eigenvalue weighted by Gasteiger charge is 2.27. The van der Waals surface area contributed by atoms with Crippen LogP contribution in [-0.4, -0.2) is 27.0 Å². The van der Waals surface area contributed by atoms with E-state index in [-0.39, 0.29) is 16.7 Å². The van der Waals surface area contributed by atoms with Crippen LogP contribution >= 0.6 is 11.8 Å². The van der Waals surface area contributed by atoms with Gasteiger partial charge in [-0.15, -0.1) is 0 Å². The Labute approximate surface area is 117 Å². The van der Waals surface area contributed by atoms with Crippen LogP contribution in [0.4, 0.5) is 11.5 Å². The van der Waals surface area contributed by atoms with E-state index in [1.54, 1.807) is 12.3 Å². The van der Waals surface area contributed by atoms with E-state index in [9.17, 15) is 10.1 Å². The Bertz CT molecular complexity index is 440. The van der Waals surface area contributed by atoms with E-state index in [2.05, 4.69) is 17.2 Å². The van der Waals surface area contributed by atoms with Crippen LogP contribution in [0.25, 0.3) is 0 Å². The topological polar surface area (TPSA) is 68.1 Å². The molecule has 0 aliphatic heterocycles. The predicted octanol–water partition coefficient (Wildman–Crippen LogP) is 3.47. The molecule has 0 spiro atoms. The largest absolute Gasteiger partial charge is 0.360 e.